The number of hydrogen-bond donors (Lipinski definition) is 2. The lowest BCUT2D eigenvalue weighted by Crippen LogP contribution is -2.37. The van der Waals surface area contributed by atoms with Crippen LogP contribution >= 0.6 is 0 Å². The monoisotopic (exact) mass is 165 g/mol. The highest BCUT2D eigenvalue weighted by Crippen LogP contribution is 2.12. The van der Waals surface area contributed by atoms with Gasteiger partial charge in [-0.1, -0.05) is 0 Å². The first kappa shape index (κ1) is 10.2. The van der Waals surface area contributed by atoms with Crippen molar-refractivity contribution in [1.29, 1.82) is 0 Å². The Balaban J connectivity index is 3.70. The van der Waals surface area contributed by atoms with Crippen LogP contribution < -0.4 is 5.73 Å². The predicted molar refractivity (Wildman–Crippen MR) is 36.7 cm³/mol. The topological polar surface area (TPSA) is 72.6 Å². The SMILES string of the molecule is CC(C)(O)[C@H](F)COC(N)=O. The molecule has 11 heavy (non-hydrogen) atoms. The van der Waals surface area contributed by atoms with Gasteiger partial charge in [0, 0.05) is 0 Å². The van der Waals surface area contributed by atoms with Gasteiger partial charge in [-0.3, -0.25) is 0 Å². The Hall–Kier alpha value is -0.840. The highest BCUT2D eigenvalue weighted by Gasteiger charge is 2.27. The molecule has 0 aliphatic carbocycles. The molecule has 0 radical (unpaired) electrons. The van der Waals surface area contributed by atoms with Gasteiger partial charge in [0.25, 0.3) is 0 Å². The van der Waals surface area contributed by atoms with Crippen molar-refractivity contribution in [3.05, 3.63) is 0 Å². The fourth-order valence-electron chi connectivity index (χ4n) is 0.359. The Kier molecular flexibility index (Phi) is 3.25. The highest BCUT2D eigenvalue weighted by molar-refractivity contribution is 5.64. The molecular formula is C6H12FNO3. The zero-order valence-electron chi connectivity index (χ0n) is 6.50. The van der Waals surface area contributed by atoms with Gasteiger partial charge in [0.1, 0.15) is 6.61 Å². The van der Waals surface area contributed by atoms with Crippen LogP contribution in [0.5, 0.6) is 0 Å². The second-order valence-corrected chi connectivity index (χ2v) is 2.75. The lowest BCUT2D eigenvalue weighted by atomic mass is 10.0. The van der Waals surface area contributed by atoms with Crippen molar-refractivity contribution in [3.8, 4) is 0 Å². The van der Waals surface area contributed by atoms with Gasteiger partial charge in [-0.05, 0) is 13.8 Å². The van der Waals surface area contributed by atoms with Crippen LogP contribution in [0.3, 0.4) is 0 Å². The second kappa shape index (κ2) is 3.52. The molecule has 1 atom stereocenters. The fourth-order valence-corrected chi connectivity index (χ4v) is 0.359. The number of aliphatic hydroxyl groups is 1. The van der Waals surface area contributed by atoms with Crippen LogP contribution in [0.25, 0.3) is 0 Å². The van der Waals surface area contributed by atoms with E-state index in [-0.39, 0.29) is 0 Å². The average Bonchev–Trinajstić information content (AvgIpc) is 1.80. The van der Waals surface area contributed by atoms with Crippen LogP contribution in [-0.4, -0.2) is 29.6 Å². The smallest absolute Gasteiger partial charge is 0.404 e. The molecule has 3 N–H and O–H groups in total. The number of carbonyl (C=O) groups excluding carboxylic acids is 1. The Morgan fingerprint density at radius 2 is 2.27 bits per heavy atom. The van der Waals surface area contributed by atoms with E-state index in [1.165, 1.54) is 13.8 Å². The van der Waals surface area contributed by atoms with Crippen molar-refractivity contribution < 1.29 is 19.0 Å². The minimum Gasteiger partial charge on any atom is -0.446 e. The first-order valence-electron chi connectivity index (χ1n) is 3.12. The van der Waals surface area contributed by atoms with Crippen LogP contribution in [-0.2, 0) is 4.74 Å². The molecule has 0 saturated heterocycles. The zero-order chi connectivity index (χ0) is 9.07. The number of halogens is 1. The van der Waals surface area contributed by atoms with Gasteiger partial charge in [0.05, 0.1) is 5.60 Å². The molecule has 0 aliphatic rings. The Labute approximate surface area is 64.1 Å². The van der Waals surface area contributed by atoms with E-state index in [9.17, 15) is 9.18 Å². The molecule has 0 saturated carbocycles. The number of primary amides is 1. The zero-order valence-corrected chi connectivity index (χ0v) is 6.50. The molecule has 0 aromatic heterocycles. The molecular weight excluding hydrogens is 153 g/mol. The quantitative estimate of drug-likeness (QED) is 0.627. The van der Waals surface area contributed by atoms with E-state index in [0.29, 0.717) is 0 Å². The molecule has 0 aliphatic heterocycles. The molecule has 0 aromatic carbocycles. The first-order chi connectivity index (χ1) is 4.84. The summed E-state index contributed by atoms with van der Waals surface area (Å²) in [5, 5.41) is 8.99. The summed E-state index contributed by atoms with van der Waals surface area (Å²) in [5.41, 5.74) is 3.07. The summed E-state index contributed by atoms with van der Waals surface area (Å²) in [4.78, 5) is 9.98. The van der Waals surface area contributed by atoms with Gasteiger partial charge >= 0.3 is 6.09 Å². The molecule has 0 heterocycles. The molecule has 0 spiro atoms. The third-order valence-corrected chi connectivity index (χ3v) is 1.14. The number of rotatable bonds is 3. The van der Waals surface area contributed by atoms with E-state index in [1.807, 2.05) is 0 Å². The van der Waals surface area contributed by atoms with E-state index in [0.717, 1.165) is 0 Å². The number of alkyl halides is 1. The van der Waals surface area contributed by atoms with Gasteiger partial charge in [0.2, 0.25) is 0 Å². The number of nitrogens with two attached hydrogens (primary N) is 1. The molecule has 0 aromatic rings. The standard InChI is InChI=1S/C6H12FNO3/c1-6(2,10)4(7)3-11-5(8)9/h4,10H,3H2,1-2H3,(H2,8,9)/t4-/m1/s1. The summed E-state index contributed by atoms with van der Waals surface area (Å²) in [5.74, 6) is 0. The van der Waals surface area contributed by atoms with Gasteiger partial charge in [-0.15, -0.1) is 0 Å². The third-order valence-electron chi connectivity index (χ3n) is 1.14. The van der Waals surface area contributed by atoms with Crippen LogP contribution in [0.4, 0.5) is 9.18 Å². The average molecular weight is 165 g/mol. The molecule has 5 heteroatoms. The maximum atomic E-state index is 12.7. The molecule has 0 bridgehead atoms. The summed E-state index contributed by atoms with van der Waals surface area (Å²) in [7, 11) is 0. The Bertz CT molecular complexity index is 143. The maximum absolute atomic E-state index is 12.7. The summed E-state index contributed by atoms with van der Waals surface area (Å²) >= 11 is 0. The van der Waals surface area contributed by atoms with E-state index >= 15 is 0 Å². The minimum absolute atomic E-state index is 0.515. The van der Waals surface area contributed by atoms with Crippen molar-refractivity contribution in [2.75, 3.05) is 6.61 Å². The highest BCUT2D eigenvalue weighted by atomic mass is 19.1. The molecule has 0 rings (SSSR count). The lowest BCUT2D eigenvalue weighted by molar-refractivity contribution is -0.0296. The lowest BCUT2D eigenvalue weighted by Gasteiger charge is -2.21. The Morgan fingerprint density at radius 3 is 2.55 bits per heavy atom. The van der Waals surface area contributed by atoms with E-state index < -0.39 is 24.5 Å². The van der Waals surface area contributed by atoms with Gasteiger partial charge in [-0.25, -0.2) is 9.18 Å². The maximum Gasteiger partial charge on any atom is 0.404 e. The summed E-state index contributed by atoms with van der Waals surface area (Å²) in [6.07, 6.45) is -2.66. The minimum atomic E-state index is -1.62. The molecule has 4 nitrogen and oxygen atoms in total. The van der Waals surface area contributed by atoms with Crippen LogP contribution in [0.2, 0.25) is 0 Å². The molecule has 66 valence electrons. The van der Waals surface area contributed by atoms with Crippen LogP contribution in [0.15, 0.2) is 0 Å². The van der Waals surface area contributed by atoms with E-state index in [1.54, 1.807) is 0 Å². The van der Waals surface area contributed by atoms with Crippen molar-refractivity contribution >= 4 is 6.09 Å². The first-order valence-corrected chi connectivity index (χ1v) is 3.12. The molecule has 1 amide bonds. The van der Waals surface area contributed by atoms with E-state index in [4.69, 9.17) is 5.11 Å². The second-order valence-electron chi connectivity index (χ2n) is 2.75. The normalized spacial score (nSPS) is 14.2. The molecule has 0 fully saturated rings. The molecule has 0 unspecified atom stereocenters. The Morgan fingerprint density at radius 1 is 1.82 bits per heavy atom. The number of carbonyl (C=O) groups is 1. The van der Waals surface area contributed by atoms with Crippen LogP contribution in [0, 0.1) is 0 Å². The van der Waals surface area contributed by atoms with Crippen molar-refractivity contribution in [2.24, 2.45) is 5.73 Å². The van der Waals surface area contributed by atoms with Crippen molar-refractivity contribution in [1.82, 2.24) is 0 Å². The number of ether oxygens (including phenoxy) is 1. The summed E-state index contributed by atoms with van der Waals surface area (Å²) in [6.45, 7) is 2.04. The largest absolute Gasteiger partial charge is 0.446 e. The van der Waals surface area contributed by atoms with E-state index in [2.05, 4.69) is 10.5 Å². The van der Waals surface area contributed by atoms with Gasteiger partial charge in [-0.2, -0.15) is 0 Å². The third kappa shape index (κ3) is 4.55. The predicted octanol–water partition coefficient (Wildman–Crippen LogP) is 0.191. The number of hydrogen-bond acceptors (Lipinski definition) is 3. The fraction of sp³-hybridized carbons (Fsp3) is 0.833. The summed E-state index contributed by atoms with van der Waals surface area (Å²) < 4.78 is 16.8. The van der Waals surface area contributed by atoms with Gasteiger partial charge < -0.3 is 15.6 Å². The van der Waals surface area contributed by atoms with Gasteiger partial charge in [0.15, 0.2) is 6.17 Å². The number of amides is 1. The van der Waals surface area contributed by atoms with Crippen molar-refractivity contribution in [2.45, 2.75) is 25.6 Å². The summed E-state index contributed by atoms with van der Waals surface area (Å²) in [6, 6.07) is 0. The van der Waals surface area contributed by atoms with Crippen molar-refractivity contribution in [3.63, 3.8) is 0 Å². The van der Waals surface area contributed by atoms with Crippen LogP contribution in [0.1, 0.15) is 13.8 Å².